The molecule has 6 nitrogen and oxygen atoms in total. The van der Waals surface area contributed by atoms with E-state index in [-0.39, 0.29) is 6.61 Å². The van der Waals surface area contributed by atoms with Crippen LogP contribution in [0.15, 0.2) is 91.0 Å². The van der Waals surface area contributed by atoms with Crippen LogP contribution in [0.2, 0.25) is 0 Å². The number of carbonyl (C=O) groups excluding carboxylic acids is 1. The molecular formula is C27H26O6. The molecule has 2 unspecified atom stereocenters. The van der Waals surface area contributed by atoms with Crippen molar-refractivity contribution in [1.29, 1.82) is 0 Å². The molecule has 0 aromatic heterocycles. The largest absolute Gasteiger partial charge is 0.455 e. The van der Waals surface area contributed by atoms with Crippen LogP contribution >= 0.6 is 0 Å². The molecule has 5 rings (SSSR count). The van der Waals surface area contributed by atoms with Crippen molar-refractivity contribution in [3.8, 4) is 0 Å². The van der Waals surface area contributed by atoms with E-state index in [9.17, 15) is 4.79 Å². The van der Waals surface area contributed by atoms with Crippen LogP contribution in [-0.2, 0) is 41.7 Å². The lowest BCUT2D eigenvalue weighted by molar-refractivity contribution is -0.154. The number of rotatable bonds is 8. The Morgan fingerprint density at radius 1 is 0.758 bits per heavy atom. The highest BCUT2D eigenvalue weighted by Gasteiger charge is 2.52. The summed E-state index contributed by atoms with van der Waals surface area (Å²) >= 11 is 0. The Morgan fingerprint density at radius 2 is 1.33 bits per heavy atom. The molecule has 0 bridgehead atoms. The van der Waals surface area contributed by atoms with Crippen molar-refractivity contribution in [2.75, 3.05) is 6.61 Å². The predicted molar refractivity (Wildman–Crippen MR) is 120 cm³/mol. The van der Waals surface area contributed by atoms with Gasteiger partial charge in [0.1, 0.15) is 12.2 Å². The fraction of sp³-hybridized carbons (Fsp3) is 0.296. The van der Waals surface area contributed by atoms with E-state index in [2.05, 4.69) is 0 Å². The van der Waals surface area contributed by atoms with Crippen LogP contribution in [0.3, 0.4) is 0 Å². The number of cyclic esters (lactones) is 1. The number of esters is 1. The van der Waals surface area contributed by atoms with Crippen molar-refractivity contribution in [1.82, 2.24) is 0 Å². The first-order valence-electron chi connectivity index (χ1n) is 11.1. The lowest BCUT2D eigenvalue weighted by Crippen LogP contribution is -2.42. The molecule has 0 amide bonds. The van der Waals surface area contributed by atoms with Gasteiger partial charge >= 0.3 is 5.97 Å². The first-order chi connectivity index (χ1) is 16.3. The van der Waals surface area contributed by atoms with E-state index in [1.54, 1.807) is 0 Å². The highest BCUT2D eigenvalue weighted by Crippen LogP contribution is 2.34. The lowest BCUT2D eigenvalue weighted by atomic mass is 10.1. The van der Waals surface area contributed by atoms with Crippen LogP contribution in [0.4, 0.5) is 0 Å². The molecule has 33 heavy (non-hydrogen) atoms. The van der Waals surface area contributed by atoms with E-state index < -0.39 is 36.7 Å². The Bertz CT molecular complexity index is 1030. The van der Waals surface area contributed by atoms with Crippen LogP contribution in [0.25, 0.3) is 0 Å². The standard InChI is InChI=1S/C27H26O6/c28-26-25(30-17-20-12-6-2-7-13-20)24(29-16-19-10-4-1-5-11-19)23(33-26)22-18-31-27(32-22)21-14-8-3-9-15-21/h1-15,22-25,27H,16-18H2/t22?,23-,24+,25-,27?/m1/s1. The van der Waals surface area contributed by atoms with E-state index in [1.165, 1.54) is 0 Å². The second kappa shape index (κ2) is 10.3. The molecule has 2 heterocycles. The maximum absolute atomic E-state index is 12.8. The summed E-state index contributed by atoms with van der Waals surface area (Å²) in [5.74, 6) is -0.444. The van der Waals surface area contributed by atoms with Crippen LogP contribution in [0.1, 0.15) is 23.0 Å². The Labute approximate surface area is 193 Å². The van der Waals surface area contributed by atoms with Crippen LogP contribution in [0, 0.1) is 0 Å². The summed E-state index contributed by atoms with van der Waals surface area (Å²) in [5.41, 5.74) is 2.89. The third-order valence-electron chi connectivity index (χ3n) is 5.81. The minimum atomic E-state index is -0.849. The Kier molecular flexibility index (Phi) is 6.79. The Balaban J connectivity index is 1.31. The van der Waals surface area contributed by atoms with Gasteiger partial charge in [-0.05, 0) is 11.1 Å². The monoisotopic (exact) mass is 446 g/mol. The van der Waals surface area contributed by atoms with Crippen molar-refractivity contribution in [2.24, 2.45) is 0 Å². The minimum absolute atomic E-state index is 0.285. The lowest BCUT2D eigenvalue weighted by Gasteiger charge is -2.25. The van der Waals surface area contributed by atoms with Gasteiger partial charge in [-0.25, -0.2) is 4.79 Å². The quantitative estimate of drug-likeness (QED) is 0.484. The summed E-state index contributed by atoms with van der Waals surface area (Å²) in [7, 11) is 0. The van der Waals surface area contributed by atoms with Gasteiger partial charge in [0.2, 0.25) is 0 Å². The van der Waals surface area contributed by atoms with Crippen molar-refractivity contribution < 1.29 is 28.5 Å². The summed E-state index contributed by atoms with van der Waals surface area (Å²) in [6.07, 6.45) is -3.06. The maximum atomic E-state index is 12.8. The third kappa shape index (κ3) is 5.15. The molecule has 2 aliphatic heterocycles. The van der Waals surface area contributed by atoms with Gasteiger partial charge in [0.25, 0.3) is 0 Å². The summed E-state index contributed by atoms with van der Waals surface area (Å²) in [4.78, 5) is 12.8. The normalized spacial score (nSPS) is 26.9. The minimum Gasteiger partial charge on any atom is -0.455 e. The topological polar surface area (TPSA) is 63.2 Å². The zero-order valence-electron chi connectivity index (χ0n) is 18.1. The van der Waals surface area contributed by atoms with E-state index >= 15 is 0 Å². The van der Waals surface area contributed by atoms with Gasteiger partial charge in [-0.2, -0.15) is 0 Å². The number of carbonyl (C=O) groups is 1. The SMILES string of the molecule is O=C1O[C@H](C2COC(c3ccccc3)O2)[C@H](OCc2ccccc2)[C@H]1OCc1ccccc1. The summed E-state index contributed by atoms with van der Waals surface area (Å²) < 4.78 is 30.0. The molecule has 3 aromatic rings. The van der Waals surface area contributed by atoms with Crippen LogP contribution in [0.5, 0.6) is 0 Å². The first-order valence-corrected chi connectivity index (χ1v) is 11.1. The molecule has 170 valence electrons. The highest BCUT2D eigenvalue weighted by atomic mass is 16.7. The molecule has 2 saturated heterocycles. The molecule has 0 spiro atoms. The first kappa shape index (κ1) is 21.8. The molecule has 2 fully saturated rings. The summed E-state index contributed by atoms with van der Waals surface area (Å²) in [6, 6.07) is 29.2. The van der Waals surface area contributed by atoms with Crippen LogP contribution < -0.4 is 0 Å². The third-order valence-corrected chi connectivity index (χ3v) is 5.81. The Hall–Kier alpha value is -3.03. The molecule has 5 atom stereocenters. The van der Waals surface area contributed by atoms with Crippen molar-refractivity contribution in [2.45, 2.75) is 43.9 Å². The van der Waals surface area contributed by atoms with Crippen molar-refractivity contribution >= 4 is 5.97 Å². The van der Waals surface area contributed by atoms with Crippen LogP contribution in [-0.4, -0.2) is 37.0 Å². The molecule has 0 aliphatic carbocycles. The van der Waals surface area contributed by atoms with Gasteiger partial charge in [0.15, 0.2) is 18.5 Å². The van der Waals surface area contributed by atoms with E-state index in [0.29, 0.717) is 13.2 Å². The van der Waals surface area contributed by atoms with Crippen molar-refractivity contribution in [3.05, 3.63) is 108 Å². The van der Waals surface area contributed by atoms with E-state index in [4.69, 9.17) is 23.7 Å². The Morgan fingerprint density at radius 3 is 1.97 bits per heavy atom. The molecule has 0 N–H and O–H groups in total. The second-order valence-corrected chi connectivity index (χ2v) is 8.13. The van der Waals surface area contributed by atoms with Gasteiger partial charge in [-0.1, -0.05) is 91.0 Å². The fourth-order valence-electron chi connectivity index (χ4n) is 4.11. The highest BCUT2D eigenvalue weighted by molar-refractivity contribution is 5.78. The average molecular weight is 446 g/mol. The summed E-state index contributed by atoms with van der Waals surface area (Å²) in [5, 5.41) is 0. The molecule has 0 saturated carbocycles. The predicted octanol–water partition coefficient (Wildman–Crippen LogP) is 4.20. The molecule has 2 aliphatic rings. The number of hydrogen-bond donors (Lipinski definition) is 0. The molecule has 6 heteroatoms. The van der Waals surface area contributed by atoms with Gasteiger partial charge < -0.3 is 23.7 Å². The average Bonchev–Trinajstić information content (AvgIpc) is 3.48. The second-order valence-electron chi connectivity index (χ2n) is 8.13. The fourth-order valence-corrected chi connectivity index (χ4v) is 4.11. The van der Waals surface area contributed by atoms with Gasteiger partial charge in [0.05, 0.1) is 19.8 Å². The molecule has 0 radical (unpaired) electrons. The van der Waals surface area contributed by atoms with Gasteiger partial charge in [-0.3, -0.25) is 0 Å². The molecular weight excluding hydrogens is 420 g/mol. The number of hydrogen-bond acceptors (Lipinski definition) is 6. The zero-order valence-corrected chi connectivity index (χ0v) is 18.1. The van der Waals surface area contributed by atoms with Gasteiger partial charge in [-0.15, -0.1) is 0 Å². The number of benzene rings is 3. The van der Waals surface area contributed by atoms with E-state index in [1.807, 2.05) is 91.0 Å². The van der Waals surface area contributed by atoms with Gasteiger partial charge in [0, 0.05) is 5.56 Å². The van der Waals surface area contributed by atoms with Crippen molar-refractivity contribution in [3.63, 3.8) is 0 Å². The maximum Gasteiger partial charge on any atom is 0.338 e. The zero-order chi connectivity index (χ0) is 22.5. The van der Waals surface area contributed by atoms with E-state index in [0.717, 1.165) is 16.7 Å². The smallest absolute Gasteiger partial charge is 0.338 e. The number of ether oxygens (including phenoxy) is 5. The summed E-state index contributed by atoms with van der Waals surface area (Å²) in [6.45, 7) is 0.917. The molecule has 3 aromatic carbocycles.